The van der Waals surface area contributed by atoms with Gasteiger partial charge in [0.1, 0.15) is 5.60 Å². The van der Waals surface area contributed by atoms with E-state index in [0.29, 0.717) is 17.7 Å². The molecule has 2 aromatic carbocycles. The second-order valence-electron chi connectivity index (χ2n) is 6.01. The Balaban J connectivity index is 2.19. The van der Waals surface area contributed by atoms with Gasteiger partial charge in [-0.05, 0) is 29.3 Å². The van der Waals surface area contributed by atoms with E-state index in [1.54, 1.807) is 30.3 Å². The van der Waals surface area contributed by atoms with Gasteiger partial charge in [0.25, 0.3) is 0 Å². The number of rotatable bonds is 6. The minimum absolute atomic E-state index is 0.0453. The molecule has 0 heterocycles. The number of ether oxygens (including phenoxy) is 1. The molecule has 0 saturated carbocycles. The van der Waals surface area contributed by atoms with Crippen molar-refractivity contribution >= 4 is 0 Å². The molecule has 1 unspecified atom stereocenters. The fourth-order valence-corrected chi connectivity index (χ4v) is 2.45. The van der Waals surface area contributed by atoms with Gasteiger partial charge in [-0.15, -0.1) is 0 Å². The molecule has 0 aliphatic rings. The van der Waals surface area contributed by atoms with Crippen molar-refractivity contribution in [2.24, 2.45) is 5.73 Å². The molecule has 1 atom stereocenters. The molecular formula is C18H17F6NO2. The van der Waals surface area contributed by atoms with Crippen LogP contribution in [0.25, 0.3) is 0 Å². The quantitative estimate of drug-likeness (QED) is 0.727. The summed E-state index contributed by atoms with van der Waals surface area (Å²) in [5.74, 6) is 0. The summed E-state index contributed by atoms with van der Waals surface area (Å²) in [7, 11) is 0. The zero-order valence-corrected chi connectivity index (χ0v) is 13.9. The molecule has 0 aliphatic heterocycles. The highest BCUT2D eigenvalue weighted by molar-refractivity contribution is 5.33. The predicted octanol–water partition coefficient (Wildman–Crippen LogP) is 4.09. The summed E-state index contributed by atoms with van der Waals surface area (Å²) in [6.45, 7) is -1.19. The van der Waals surface area contributed by atoms with E-state index >= 15 is 0 Å². The molecule has 3 N–H and O–H groups in total. The molecule has 0 aromatic heterocycles. The van der Waals surface area contributed by atoms with Crippen molar-refractivity contribution in [3.8, 4) is 0 Å². The van der Waals surface area contributed by atoms with E-state index in [0.717, 1.165) is 0 Å². The van der Waals surface area contributed by atoms with Gasteiger partial charge in [0, 0.05) is 6.54 Å². The molecule has 0 fully saturated rings. The Hall–Kier alpha value is -2.10. The summed E-state index contributed by atoms with van der Waals surface area (Å²) < 4.78 is 82.4. The van der Waals surface area contributed by atoms with Crippen molar-refractivity contribution in [1.29, 1.82) is 0 Å². The van der Waals surface area contributed by atoms with Crippen LogP contribution in [0, 0.1) is 0 Å². The Kier molecular flexibility index (Phi) is 6.18. The number of hydrogen-bond acceptors (Lipinski definition) is 3. The molecule has 27 heavy (non-hydrogen) atoms. The molecule has 0 radical (unpaired) electrons. The second kappa shape index (κ2) is 7.87. The van der Waals surface area contributed by atoms with Crippen LogP contribution in [0.4, 0.5) is 26.3 Å². The number of benzene rings is 2. The number of hydrogen-bond donors (Lipinski definition) is 2. The van der Waals surface area contributed by atoms with Crippen molar-refractivity contribution < 1.29 is 36.2 Å². The van der Waals surface area contributed by atoms with Crippen molar-refractivity contribution in [1.82, 2.24) is 0 Å². The monoisotopic (exact) mass is 393 g/mol. The Morgan fingerprint density at radius 1 is 0.815 bits per heavy atom. The van der Waals surface area contributed by atoms with Crippen LogP contribution in [0.5, 0.6) is 0 Å². The third kappa shape index (κ3) is 5.44. The first-order valence-electron chi connectivity index (χ1n) is 7.80. The van der Waals surface area contributed by atoms with Crippen molar-refractivity contribution in [3.05, 3.63) is 70.8 Å². The van der Waals surface area contributed by atoms with Gasteiger partial charge >= 0.3 is 12.4 Å². The summed E-state index contributed by atoms with van der Waals surface area (Å²) in [5, 5.41) is 10.5. The summed E-state index contributed by atoms with van der Waals surface area (Å²) >= 11 is 0. The first-order chi connectivity index (χ1) is 12.5. The van der Waals surface area contributed by atoms with Crippen molar-refractivity contribution in [2.45, 2.75) is 24.6 Å². The Morgan fingerprint density at radius 3 is 1.78 bits per heavy atom. The van der Waals surface area contributed by atoms with E-state index in [2.05, 4.69) is 0 Å². The Bertz CT molecular complexity index is 728. The maximum atomic E-state index is 12.9. The molecule has 0 spiro atoms. The fourth-order valence-electron chi connectivity index (χ4n) is 2.45. The third-order valence-electron chi connectivity index (χ3n) is 3.91. The van der Waals surface area contributed by atoms with Gasteiger partial charge in [0.2, 0.25) is 0 Å². The van der Waals surface area contributed by atoms with E-state index in [1.165, 1.54) is 0 Å². The van der Waals surface area contributed by atoms with E-state index in [1.807, 2.05) is 0 Å². The molecule has 0 saturated heterocycles. The van der Waals surface area contributed by atoms with Gasteiger partial charge < -0.3 is 15.6 Å². The highest BCUT2D eigenvalue weighted by Crippen LogP contribution is 2.36. The lowest BCUT2D eigenvalue weighted by Gasteiger charge is -2.27. The van der Waals surface area contributed by atoms with E-state index in [4.69, 9.17) is 10.5 Å². The maximum absolute atomic E-state index is 12.9. The average Bonchev–Trinajstić information content (AvgIpc) is 2.60. The molecule has 9 heteroatoms. The Morgan fingerprint density at radius 2 is 1.33 bits per heavy atom. The molecule has 0 aliphatic carbocycles. The molecule has 2 aromatic rings. The zero-order valence-electron chi connectivity index (χ0n) is 13.9. The van der Waals surface area contributed by atoms with Crippen LogP contribution in [0.2, 0.25) is 0 Å². The number of nitrogens with two attached hydrogens (primary N) is 1. The van der Waals surface area contributed by atoms with Crippen LogP contribution in [-0.2, 0) is 29.3 Å². The normalized spacial score (nSPS) is 14.8. The predicted molar refractivity (Wildman–Crippen MR) is 85.5 cm³/mol. The zero-order chi connectivity index (χ0) is 20.3. The van der Waals surface area contributed by atoms with E-state index < -0.39 is 42.3 Å². The van der Waals surface area contributed by atoms with Crippen LogP contribution in [0.1, 0.15) is 22.3 Å². The van der Waals surface area contributed by atoms with Gasteiger partial charge in [-0.2, -0.15) is 26.3 Å². The van der Waals surface area contributed by atoms with E-state index in [9.17, 15) is 31.4 Å². The minimum atomic E-state index is -4.93. The van der Waals surface area contributed by atoms with Crippen molar-refractivity contribution in [3.63, 3.8) is 0 Å². The van der Waals surface area contributed by atoms with Crippen LogP contribution < -0.4 is 5.73 Å². The largest absolute Gasteiger partial charge is 0.416 e. The number of alkyl halides is 6. The molecule has 0 bridgehead atoms. The molecule has 2 rings (SSSR count). The van der Waals surface area contributed by atoms with Gasteiger partial charge in [-0.1, -0.05) is 30.3 Å². The fraction of sp³-hybridized carbons (Fsp3) is 0.333. The smallest absolute Gasteiger partial charge is 0.381 e. The van der Waals surface area contributed by atoms with Crippen LogP contribution >= 0.6 is 0 Å². The lowest BCUT2D eigenvalue weighted by atomic mass is 9.95. The highest BCUT2D eigenvalue weighted by Gasteiger charge is 2.37. The van der Waals surface area contributed by atoms with Gasteiger partial charge in [-0.3, -0.25) is 0 Å². The lowest BCUT2D eigenvalue weighted by Crippen LogP contribution is -2.39. The Labute approximate surface area is 151 Å². The van der Waals surface area contributed by atoms with Gasteiger partial charge in [-0.25, -0.2) is 0 Å². The minimum Gasteiger partial charge on any atom is -0.381 e. The van der Waals surface area contributed by atoms with Crippen LogP contribution in [0.3, 0.4) is 0 Å². The van der Waals surface area contributed by atoms with Gasteiger partial charge in [0.05, 0.1) is 24.3 Å². The molecule has 0 amide bonds. The first-order valence-corrected chi connectivity index (χ1v) is 7.80. The van der Waals surface area contributed by atoms with Crippen LogP contribution in [-0.4, -0.2) is 18.3 Å². The maximum Gasteiger partial charge on any atom is 0.416 e. The molecule has 148 valence electrons. The second-order valence-corrected chi connectivity index (χ2v) is 6.01. The van der Waals surface area contributed by atoms with Crippen LogP contribution in [0.15, 0.2) is 48.5 Å². The molecule has 3 nitrogen and oxygen atoms in total. The summed E-state index contributed by atoms with van der Waals surface area (Å²) in [6.07, 6.45) is -9.86. The lowest BCUT2D eigenvalue weighted by molar-refractivity contribution is -0.143. The van der Waals surface area contributed by atoms with Gasteiger partial charge in [0.15, 0.2) is 0 Å². The number of aliphatic hydroxyl groups is 1. The third-order valence-corrected chi connectivity index (χ3v) is 3.91. The standard InChI is InChI=1S/C18H17F6NO2/c19-17(20,21)14-6-12(7-15(8-14)18(22,23)24)9-27-11-16(26,10-25)13-4-2-1-3-5-13/h1-8,26H,9-11,25H2. The number of halogens is 6. The van der Waals surface area contributed by atoms with E-state index in [-0.39, 0.29) is 18.2 Å². The summed E-state index contributed by atoms with van der Waals surface area (Å²) in [5.41, 5.74) is 1.20. The topological polar surface area (TPSA) is 55.5 Å². The average molecular weight is 393 g/mol. The summed E-state index contributed by atoms with van der Waals surface area (Å²) in [6, 6.07) is 9.39. The molecular weight excluding hydrogens is 376 g/mol. The highest BCUT2D eigenvalue weighted by atomic mass is 19.4. The SMILES string of the molecule is NCC(O)(COCc1cc(C(F)(F)F)cc(C(F)(F)F)c1)c1ccccc1. The van der Waals surface area contributed by atoms with Crippen molar-refractivity contribution in [2.75, 3.05) is 13.2 Å². The summed E-state index contributed by atoms with van der Waals surface area (Å²) in [4.78, 5) is 0. The first kappa shape index (κ1) is 21.2.